The van der Waals surface area contributed by atoms with E-state index < -0.39 is 0 Å². The van der Waals surface area contributed by atoms with Crippen molar-refractivity contribution < 1.29 is 18.7 Å². The van der Waals surface area contributed by atoms with E-state index in [0.29, 0.717) is 19.5 Å². The van der Waals surface area contributed by atoms with Crippen molar-refractivity contribution in [1.29, 1.82) is 0 Å². The molecule has 7 nitrogen and oxygen atoms in total. The molecule has 1 aromatic heterocycles. The summed E-state index contributed by atoms with van der Waals surface area (Å²) in [7, 11) is 3.28. The van der Waals surface area contributed by atoms with Crippen LogP contribution in [0.5, 0.6) is 11.5 Å². The van der Waals surface area contributed by atoms with Gasteiger partial charge in [0.25, 0.3) is 0 Å². The average molecular weight is 517 g/mol. The number of rotatable bonds is 9. The largest absolute Gasteiger partial charge is 0.497 e. The first-order valence-corrected chi connectivity index (χ1v) is 13.0. The van der Waals surface area contributed by atoms with Crippen molar-refractivity contribution in [1.82, 2.24) is 14.9 Å². The van der Waals surface area contributed by atoms with Crippen LogP contribution in [-0.2, 0) is 17.8 Å². The van der Waals surface area contributed by atoms with Gasteiger partial charge in [-0.25, -0.2) is 9.37 Å². The van der Waals surface area contributed by atoms with Crippen LogP contribution in [0.25, 0.3) is 11.0 Å². The third kappa shape index (κ3) is 5.59. The summed E-state index contributed by atoms with van der Waals surface area (Å²) >= 11 is 0. The smallest absolute Gasteiger partial charge is 0.223 e. The molecular weight excluding hydrogens is 483 g/mol. The van der Waals surface area contributed by atoms with Gasteiger partial charge in [-0.2, -0.15) is 0 Å². The molecule has 1 fully saturated rings. The van der Waals surface area contributed by atoms with Gasteiger partial charge in [0, 0.05) is 25.6 Å². The number of amides is 1. The lowest BCUT2D eigenvalue weighted by molar-refractivity contribution is -0.125. The maximum atomic E-state index is 13.9. The third-order valence-corrected chi connectivity index (χ3v) is 7.19. The number of carbonyl (C=O) groups excluding carboxylic acids is 1. The lowest BCUT2D eigenvalue weighted by atomic mass is 9.96. The zero-order valence-electron chi connectivity index (χ0n) is 21.8. The highest BCUT2D eigenvalue weighted by atomic mass is 19.1. The van der Waals surface area contributed by atoms with Gasteiger partial charge in [0.1, 0.15) is 17.3 Å². The molecule has 5 rings (SSSR count). The number of nitrogens with one attached hydrogen (secondary N) is 1. The maximum absolute atomic E-state index is 13.9. The summed E-state index contributed by atoms with van der Waals surface area (Å²) < 4.78 is 26.8. The second-order valence-corrected chi connectivity index (χ2v) is 9.60. The van der Waals surface area contributed by atoms with Crippen LogP contribution in [-0.4, -0.2) is 49.3 Å². The molecule has 0 spiro atoms. The van der Waals surface area contributed by atoms with Crippen molar-refractivity contribution >= 4 is 22.9 Å². The van der Waals surface area contributed by atoms with E-state index in [-0.39, 0.29) is 17.6 Å². The molecular formula is C30H33FN4O3. The molecule has 3 aromatic carbocycles. The maximum Gasteiger partial charge on any atom is 0.223 e. The number of para-hydroxylation sites is 2. The van der Waals surface area contributed by atoms with Crippen molar-refractivity contribution in [3.8, 4) is 11.5 Å². The Bertz CT molecular complexity index is 1410. The number of fused-ring (bicyclic) bond motifs is 1. The first-order chi connectivity index (χ1) is 18.6. The molecule has 0 aliphatic carbocycles. The molecule has 1 aliphatic heterocycles. The highest BCUT2D eigenvalue weighted by molar-refractivity contribution is 5.80. The summed E-state index contributed by atoms with van der Waals surface area (Å²) in [5.41, 5.74) is 3.81. The molecule has 0 radical (unpaired) electrons. The molecule has 0 bridgehead atoms. The van der Waals surface area contributed by atoms with Gasteiger partial charge in [-0.1, -0.05) is 24.3 Å². The number of hydrogen-bond donors (Lipinski definition) is 1. The van der Waals surface area contributed by atoms with Gasteiger partial charge in [-0.15, -0.1) is 0 Å². The summed E-state index contributed by atoms with van der Waals surface area (Å²) in [4.78, 5) is 20.1. The van der Waals surface area contributed by atoms with Crippen molar-refractivity contribution in [2.45, 2.75) is 25.8 Å². The topological polar surface area (TPSA) is 68.6 Å². The summed E-state index contributed by atoms with van der Waals surface area (Å²) in [6.45, 7) is 2.52. The highest BCUT2D eigenvalue weighted by Gasteiger charge is 2.27. The molecule has 198 valence electrons. The van der Waals surface area contributed by atoms with Crippen molar-refractivity contribution in [2.75, 3.05) is 38.8 Å². The summed E-state index contributed by atoms with van der Waals surface area (Å²) in [5, 5.41) is 3.10. The van der Waals surface area contributed by atoms with Crippen LogP contribution in [0.1, 0.15) is 24.0 Å². The lowest BCUT2D eigenvalue weighted by Gasteiger charge is -2.32. The second-order valence-electron chi connectivity index (χ2n) is 9.60. The van der Waals surface area contributed by atoms with Crippen LogP contribution in [0.4, 0.5) is 10.3 Å². The van der Waals surface area contributed by atoms with Gasteiger partial charge in [-0.05, 0) is 72.9 Å². The van der Waals surface area contributed by atoms with E-state index in [4.69, 9.17) is 14.5 Å². The number of piperidine rings is 1. The number of carbonyl (C=O) groups is 1. The Morgan fingerprint density at radius 1 is 1.03 bits per heavy atom. The Balaban J connectivity index is 1.22. The van der Waals surface area contributed by atoms with E-state index in [0.717, 1.165) is 65.5 Å². The molecule has 4 aromatic rings. The number of hydrogen-bond acceptors (Lipinski definition) is 5. The van der Waals surface area contributed by atoms with Crippen molar-refractivity contribution in [2.24, 2.45) is 5.92 Å². The van der Waals surface area contributed by atoms with Crippen molar-refractivity contribution in [3.63, 3.8) is 0 Å². The number of halogens is 1. The van der Waals surface area contributed by atoms with Crippen LogP contribution in [0.2, 0.25) is 0 Å². The molecule has 1 amide bonds. The molecule has 1 N–H and O–H groups in total. The predicted octanol–water partition coefficient (Wildman–Crippen LogP) is 4.82. The molecule has 0 saturated carbocycles. The minimum Gasteiger partial charge on any atom is -0.497 e. The quantitative estimate of drug-likeness (QED) is 0.346. The van der Waals surface area contributed by atoms with Crippen LogP contribution in [0, 0.1) is 11.7 Å². The van der Waals surface area contributed by atoms with E-state index in [2.05, 4.69) is 14.8 Å². The number of aromatic nitrogens is 2. The van der Waals surface area contributed by atoms with Gasteiger partial charge in [0.15, 0.2) is 0 Å². The molecule has 0 atom stereocenters. The van der Waals surface area contributed by atoms with Crippen LogP contribution < -0.4 is 19.7 Å². The fourth-order valence-electron chi connectivity index (χ4n) is 5.16. The van der Waals surface area contributed by atoms with Crippen LogP contribution in [0.3, 0.4) is 0 Å². The van der Waals surface area contributed by atoms with Crippen LogP contribution >= 0.6 is 0 Å². The molecule has 1 aliphatic rings. The minimum atomic E-state index is -0.245. The van der Waals surface area contributed by atoms with E-state index >= 15 is 0 Å². The fourth-order valence-corrected chi connectivity index (χ4v) is 5.16. The highest BCUT2D eigenvalue weighted by Crippen LogP contribution is 2.28. The Morgan fingerprint density at radius 2 is 1.84 bits per heavy atom. The lowest BCUT2D eigenvalue weighted by Crippen LogP contribution is -2.42. The van der Waals surface area contributed by atoms with Gasteiger partial charge in [0.05, 0.1) is 31.8 Å². The van der Waals surface area contributed by atoms with Crippen LogP contribution in [0.15, 0.2) is 66.7 Å². The zero-order chi connectivity index (χ0) is 26.5. The molecule has 0 unspecified atom stereocenters. The van der Waals surface area contributed by atoms with Crippen molar-refractivity contribution in [3.05, 3.63) is 83.7 Å². The van der Waals surface area contributed by atoms with E-state index in [9.17, 15) is 9.18 Å². The second kappa shape index (κ2) is 11.5. The number of methoxy groups -OCH3 is 2. The Morgan fingerprint density at radius 3 is 2.61 bits per heavy atom. The number of imidazole rings is 1. The summed E-state index contributed by atoms with van der Waals surface area (Å²) in [6, 6.07) is 20.4. The number of ether oxygens (including phenoxy) is 2. The monoisotopic (exact) mass is 516 g/mol. The van der Waals surface area contributed by atoms with E-state index in [1.807, 2.05) is 48.5 Å². The Hall–Kier alpha value is -4.07. The molecule has 1 saturated heterocycles. The number of anilines is 1. The molecule has 2 heterocycles. The minimum absolute atomic E-state index is 0.0421. The van der Waals surface area contributed by atoms with Gasteiger partial charge in [-0.3, -0.25) is 4.79 Å². The van der Waals surface area contributed by atoms with Gasteiger partial charge < -0.3 is 24.3 Å². The third-order valence-electron chi connectivity index (χ3n) is 7.19. The first-order valence-electron chi connectivity index (χ1n) is 13.0. The summed E-state index contributed by atoms with van der Waals surface area (Å²) in [5.74, 6) is 2.21. The SMILES string of the molecule is COc1ccc(OC)c(CCNC(=O)C2CCN(c3nc4ccccc4n3Cc3cccc(F)c3)CC2)c1. The Kier molecular flexibility index (Phi) is 7.77. The summed E-state index contributed by atoms with van der Waals surface area (Å²) in [6.07, 6.45) is 2.16. The molecule has 8 heteroatoms. The molecule has 38 heavy (non-hydrogen) atoms. The predicted molar refractivity (Wildman–Crippen MR) is 146 cm³/mol. The number of benzene rings is 3. The van der Waals surface area contributed by atoms with E-state index in [1.165, 1.54) is 6.07 Å². The normalized spacial score (nSPS) is 14.0. The van der Waals surface area contributed by atoms with E-state index in [1.54, 1.807) is 26.4 Å². The fraction of sp³-hybridized carbons (Fsp3) is 0.333. The van der Waals surface area contributed by atoms with Gasteiger partial charge >= 0.3 is 0 Å². The number of nitrogens with zero attached hydrogens (tertiary/aromatic N) is 3. The standard InChI is InChI=1S/C30H33FN4O3/c1-37-25-10-11-28(38-2)23(19-25)12-15-32-29(36)22-13-16-34(17-14-22)30-33-26-8-3-4-9-27(26)35(30)20-21-6-5-7-24(31)18-21/h3-11,18-19,22H,12-17,20H2,1-2H3,(H,32,36). The first kappa shape index (κ1) is 25.6. The zero-order valence-corrected chi connectivity index (χ0v) is 21.8. The Labute approximate surface area is 222 Å². The van der Waals surface area contributed by atoms with Gasteiger partial charge in [0.2, 0.25) is 11.9 Å². The average Bonchev–Trinajstić information content (AvgIpc) is 3.31.